The summed E-state index contributed by atoms with van der Waals surface area (Å²) in [5, 5.41) is 7.69. The van der Waals surface area contributed by atoms with Gasteiger partial charge in [0, 0.05) is 16.6 Å². The van der Waals surface area contributed by atoms with Gasteiger partial charge in [0.15, 0.2) is 11.4 Å². The van der Waals surface area contributed by atoms with Crippen molar-refractivity contribution in [3.63, 3.8) is 0 Å². The molecule has 2 heterocycles. The van der Waals surface area contributed by atoms with Crippen molar-refractivity contribution in [2.45, 2.75) is 13.5 Å². The van der Waals surface area contributed by atoms with Gasteiger partial charge in [-0.25, -0.2) is 18.9 Å². The molecule has 0 aliphatic heterocycles. The summed E-state index contributed by atoms with van der Waals surface area (Å²) in [6.07, 6.45) is 1.40. The first-order valence-electron chi connectivity index (χ1n) is 8.27. The molecule has 0 saturated carbocycles. The molecule has 0 saturated heterocycles. The van der Waals surface area contributed by atoms with E-state index in [1.807, 2.05) is 24.3 Å². The van der Waals surface area contributed by atoms with Crippen LogP contribution in [-0.2, 0) is 11.3 Å². The van der Waals surface area contributed by atoms with Gasteiger partial charge < -0.3 is 5.32 Å². The number of ketones is 1. The summed E-state index contributed by atoms with van der Waals surface area (Å²) in [5.41, 5.74) is 1.69. The Kier molecular flexibility index (Phi) is 4.00. The predicted octanol–water partition coefficient (Wildman–Crippen LogP) is 1.89. The van der Waals surface area contributed by atoms with Crippen LogP contribution < -0.4 is 11.0 Å². The van der Waals surface area contributed by atoms with E-state index in [-0.39, 0.29) is 12.3 Å². The molecule has 0 spiro atoms. The van der Waals surface area contributed by atoms with Crippen LogP contribution in [0.5, 0.6) is 0 Å². The molecule has 2 aromatic heterocycles. The molecule has 0 bridgehead atoms. The quantitative estimate of drug-likeness (QED) is 0.560. The highest BCUT2D eigenvalue weighted by Gasteiger charge is 2.13. The summed E-state index contributed by atoms with van der Waals surface area (Å²) in [5.74, 6) is -0.513. The van der Waals surface area contributed by atoms with Gasteiger partial charge in [-0.3, -0.25) is 9.59 Å². The van der Waals surface area contributed by atoms with E-state index >= 15 is 0 Å². The minimum absolute atomic E-state index is 0.0953. The summed E-state index contributed by atoms with van der Waals surface area (Å²) < 4.78 is 2.40. The Balaban J connectivity index is 1.63. The van der Waals surface area contributed by atoms with Crippen LogP contribution in [0.3, 0.4) is 0 Å². The van der Waals surface area contributed by atoms with Crippen LogP contribution >= 0.6 is 0 Å². The zero-order chi connectivity index (χ0) is 19.0. The maximum absolute atomic E-state index is 12.5. The lowest BCUT2D eigenvalue weighted by Crippen LogP contribution is -2.28. The van der Waals surface area contributed by atoms with Gasteiger partial charge in [-0.05, 0) is 31.2 Å². The van der Waals surface area contributed by atoms with Crippen molar-refractivity contribution in [1.29, 1.82) is 0 Å². The fourth-order valence-corrected chi connectivity index (χ4v) is 2.86. The molecule has 0 aliphatic carbocycles. The summed E-state index contributed by atoms with van der Waals surface area (Å²) >= 11 is 0. The van der Waals surface area contributed by atoms with Gasteiger partial charge in [0.25, 0.3) is 0 Å². The number of hydrogen-bond donors (Lipinski definition) is 1. The van der Waals surface area contributed by atoms with E-state index < -0.39 is 11.6 Å². The van der Waals surface area contributed by atoms with Gasteiger partial charge in [0.1, 0.15) is 12.9 Å². The summed E-state index contributed by atoms with van der Waals surface area (Å²) in [6.45, 7) is 1.20. The van der Waals surface area contributed by atoms with Crippen molar-refractivity contribution in [3.8, 4) is 0 Å². The molecule has 0 radical (unpaired) electrons. The number of rotatable bonds is 4. The number of nitrogens with zero attached hydrogens (tertiary/aromatic N) is 4. The average molecular weight is 361 g/mol. The fraction of sp³-hybridized carbons (Fsp3) is 0.105. The van der Waals surface area contributed by atoms with Crippen LogP contribution in [0.4, 0.5) is 5.69 Å². The molecule has 0 fully saturated rings. The molecule has 1 amide bonds. The molecule has 1 N–H and O–H groups in total. The highest BCUT2D eigenvalue weighted by molar-refractivity contribution is 5.97. The average Bonchev–Trinajstić information content (AvgIpc) is 2.98. The second kappa shape index (κ2) is 6.49. The lowest BCUT2D eigenvalue weighted by Gasteiger charge is -2.05. The third kappa shape index (κ3) is 3.08. The van der Waals surface area contributed by atoms with Gasteiger partial charge >= 0.3 is 5.69 Å². The van der Waals surface area contributed by atoms with Crippen LogP contribution in [-0.4, -0.2) is 30.9 Å². The van der Waals surface area contributed by atoms with E-state index in [1.165, 1.54) is 17.7 Å². The number of aromatic nitrogens is 4. The Hall–Kier alpha value is -3.81. The first-order chi connectivity index (χ1) is 13.0. The zero-order valence-electron chi connectivity index (χ0n) is 14.4. The standard InChI is InChI=1S/C19H15N5O3/c1-12(25)13-5-4-6-14(9-13)21-17(26)10-24-19(27)23-11-20-16-8-3-2-7-15(16)18(23)22-24/h2-9,11H,10H2,1H3,(H,21,26). The van der Waals surface area contributed by atoms with E-state index in [2.05, 4.69) is 15.4 Å². The molecule has 4 rings (SSSR count). The maximum Gasteiger partial charge on any atom is 0.352 e. The maximum atomic E-state index is 12.5. The van der Waals surface area contributed by atoms with Crippen molar-refractivity contribution in [3.05, 3.63) is 70.9 Å². The summed E-state index contributed by atoms with van der Waals surface area (Å²) in [7, 11) is 0. The molecule has 0 atom stereocenters. The van der Waals surface area contributed by atoms with E-state index in [4.69, 9.17) is 0 Å². The molecular formula is C19H15N5O3. The van der Waals surface area contributed by atoms with Gasteiger partial charge in [-0.1, -0.05) is 24.3 Å². The van der Waals surface area contributed by atoms with Crippen LogP contribution in [0.25, 0.3) is 16.6 Å². The molecule has 0 aliphatic rings. The number of hydrogen-bond acceptors (Lipinski definition) is 5. The summed E-state index contributed by atoms with van der Waals surface area (Å²) in [4.78, 5) is 40.5. The Morgan fingerprint density at radius 2 is 1.93 bits per heavy atom. The van der Waals surface area contributed by atoms with Gasteiger partial charge in [0.05, 0.1) is 5.52 Å². The molecule has 134 valence electrons. The second-order valence-electron chi connectivity index (χ2n) is 6.08. The largest absolute Gasteiger partial charge is 0.352 e. The van der Waals surface area contributed by atoms with Crippen LogP contribution in [0, 0.1) is 0 Å². The Morgan fingerprint density at radius 3 is 2.74 bits per heavy atom. The lowest BCUT2D eigenvalue weighted by molar-refractivity contribution is -0.117. The Morgan fingerprint density at radius 1 is 1.11 bits per heavy atom. The number of amides is 1. The van der Waals surface area contributed by atoms with Crippen molar-refractivity contribution in [2.75, 3.05) is 5.32 Å². The van der Waals surface area contributed by atoms with Crippen molar-refractivity contribution in [1.82, 2.24) is 19.2 Å². The van der Waals surface area contributed by atoms with E-state index in [0.717, 1.165) is 10.1 Å². The third-order valence-electron chi connectivity index (χ3n) is 4.17. The van der Waals surface area contributed by atoms with Gasteiger partial charge in [-0.2, -0.15) is 0 Å². The zero-order valence-corrected chi connectivity index (χ0v) is 14.4. The van der Waals surface area contributed by atoms with Crippen molar-refractivity contribution in [2.24, 2.45) is 0 Å². The van der Waals surface area contributed by atoms with Crippen LogP contribution in [0.15, 0.2) is 59.7 Å². The highest BCUT2D eigenvalue weighted by atomic mass is 16.2. The number of Topliss-reactive ketones (excluding diaryl/α,β-unsaturated/α-hetero) is 1. The number of carbonyl (C=O) groups excluding carboxylic acids is 2. The Bertz CT molecular complexity index is 1260. The molecule has 8 heteroatoms. The Labute approximate surface area is 153 Å². The molecule has 8 nitrogen and oxygen atoms in total. The topological polar surface area (TPSA) is 98.4 Å². The second-order valence-corrected chi connectivity index (χ2v) is 6.08. The number of carbonyl (C=O) groups is 2. The SMILES string of the molecule is CC(=O)c1cccc(NC(=O)Cn2nc3c4ccccc4ncn3c2=O)c1. The van der Waals surface area contributed by atoms with Gasteiger partial charge in [0.2, 0.25) is 5.91 Å². The van der Waals surface area contributed by atoms with Gasteiger partial charge in [-0.15, -0.1) is 5.10 Å². The minimum Gasteiger partial charge on any atom is -0.324 e. The highest BCUT2D eigenvalue weighted by Crippen LogP contribution is 2.14. The number of para-hydroxylation sites is 1. The van der Waals surface area contributed by atoms with Crippen LogP contribution in [0.2, 0.25) is 0 Å². The minimum atomic E-state index is -0.448. The predicted molar refractivity (Wildman–Crippen MR) is 99.8 cm³/mol. The van der Waals surface area contributed by atoms with Crippen molar-refractivity contribution >= 4 is 33.9 Å². The fourth-order valence-electron chi connectivity index (χ4n) is 2.86. The number of anilines is 1. The molecule has 27 heavy (non-hydrogen) atoms. The molecule has 2 aromatic carbocycles. The smallest absolute Gasteiger partial charge is 0.324 e. The lowest BCUT2D eigenvalue weighted by atomic mass is 10.1. The van der Waals surface area contributed by atoms with E-state index in [9.17, 15) is 14.4 Å². The first-order valence-corrected chi connectivity index (χ1v) is 8.27. The van der Waals surface area contributed by atoms with Crippen molar-refractivity contribution < 1.29 is 9.59 Å². The van der Waals surface area contributed by atoms with E-state index in [0.29, 0.717) is 22.4 Å². The summed E-state index contributed by atoms with van der Waals surface area (Å²) in [6, 6.07) is 13.9. The molecule has 4 aromatic rings. The third-order valence-corrected chi connectivity index (χ3v) is 4.17. The number of fused-ring (bicyclic) bond motifs is 3. The normalized spacial score (nSPS) is 11.0. The monoisotopic (exact) mass is 361 g/mol. The number of benzene rings is 2. The van der Waals surface area contributed by atoms with Crippen LogP contribution in [0.1, 0.15) is 17.3 Å². The molecule has 0 unspecified atom stereocenters. The first kappa shape index (κ1) is 16.6. The number of nitrogens with one attached hydrogen (secondary N) is 1. The van der Waals surface area contributed by atoms with E-state index in [1.54, 1.807) is 24.3 Å². The molecular weight excluding hydrogens is 346 g/mol.